The van der Waals surface area contributed by atoms with E-state index in [-0.39, 0.29) is 0 Å². The van der Waals surface area contributed by atoms with E-state index in [0.717, 1.165) is 36.5 Å². The van der Waals surface area contributed by atoms with Crippen LogP contribution >= 0.6 is 15.9 Å². The first-order valence-corrected chi connectivity index (χ1v) is 7.72. The molecule has 0 atom stereocenters. The van der Waals surface area contributed by atoms with Gasteiger partial charge in [0.2, 0.25) is 0 Å². The molecule has 0 aromatic heterocycles. The van der Waals surface area contributed by atoms with Crippen LogP contribution in [-0.2, 0) is 11.3 Å². The molecule has 1 rings (SSSR count). The van der Waals surface area contributed by atoms with Crippen LogP contribution in [0.3, 0.4) is 0 Å². The minimum Gasteiger partial charge on any atom is -0.385 e. The lowest BCUT2D eigenvalue weighted by Crippen LogP contribution is -2.38. The number of aryl methyl sites for hydroxylation is 1. The lowest BCUT2D eigenvalue weighted by atomic mass is 10.1. The number of benzene rings is 1. The summed E-state index contributed by atoms with van der Waals surface area (Å²) in [6.45, 7) is 7.33. The first-order valence-electron chi connectivity index (χ1n) is 6.93. The van der Waals surface area contributed by atoms with Gasteiger partial charge in [-0.15, -0.1) is 0 Å². The van der Waals surface area contributed by atoms with E-state index in [2.05, 4.69) is 63.6 Å². The van der Waals surface area contributed by atoms with Crippen molar-refractivity contribution in [1.29, 1.82) is 0 Å². The van der Waals surface area contributed by atoms with E-state index in [9.17, 15) is 0 Å². The third-order valence-electron chi connectivity index (χ3n) is 2.87. The van der Waals surface area contributed by atoms with Crippen LogP contribution in [0, 0.1) is 6.92 Å². The van der Waals surface area contributed by atoms with Crippen molar-refractivity contribution in [3.05, 3.63) is 33.8 Å². The Morgan fingerprint density at radius 2 is 2.15 bits per heavy atom. The monoisotopic (exact) mass is 341 g/mol. The van der Waals surface area contributed by atoms with Crippen LogP contribution < -0.4 is 10.6 Å². The summed E-state index contributed by atoms with van der Waals surface area (Å²) in [5.41, 5.74) is 2.49. The number of nitrogens with one attached hydrogen (secondary N) is 2. The Morgan fingerprint density at radius 1 is 1.35 bits per heavy atom. The fraction of sp³-hybridized carbons (Fsp3) is 0.533. The van der Waals surface area contributed by atoms with Gasteiger partial charge >= 0.3 is 0 Å². The predicted octanol–water partition coefficient (Wildman–Crippen LogP) is 2.85. The first kappa shape index (κ1) is 17.0. The molecule has 112 valence electrons. The highest BCUT2D eigenvalue weighted by Crippen LogP contribution is 2.16. The van der Waals surface area contributed by atoms with E-state index in [0.29, 0.717) is 6.54 Å². The van der Waals surface area contributed by atoms with Crippen molar-refractivity contribution in [1.82, 2.24) is 10.6 Å². The van der Waals surface area contributed by atoms with Crippen molar-refractivity contribution in [3.63, 3.8) is 0 Å². The molecule has 2 N–H and O–H groups in total. The number of nitrogens with zero attached hydrogens (tertiary/aromatic N) is 1. The van der Waals surface area contributed by atoms with E-state index in [1.165, 1.54) is 11.1 Å². The standard InChI is InChI=1S/C15H24BrN3O/c1-4-17-15(18-8-5-9-20-3)19-11-13-6-7-14(16)10-12(13)2/h6-7,10H,4-5,8-9,11H2,1-3H3,(H2,17,18,19). The maximum atomic E-state index is 5.04. The summed E-state index contributed by atoms with van der Waals surface area (Å²) in [6, 6.07) is 6.28. The number of aliphatic imine (C=N–C) groups is 1. The summed E-state index contributed by atoms with van der Waals surface area (Å²) < 4.78 is 6.14. The summed E-state index contributed by atoms with van der Waals surface area (Å²) in [5.74, 6) is 0.853. The van der Waals surface area contributed by atoms with Crippen molar-refractivity contribution < 1.29 is 4.74 Å². The molecule has 1 aromatic carbocycles. The smallest absolute Gasteiger partial charge is 0.191 e. The molecule has 0 aliphatic rings. The number of guanidine groups is 1. The number of hydrogen-bond acceptors (Lipinski definition) is 2. The molecule has 0 amide bonds. The normalized spacial score (nSPS) is 11.5. The zero-order valence-corrected chi connectivity index (χ0v) is 14.1. The molecule has 1 aromatic rings. The van der Waals surface area contributed by atoms with Gasteiger partial charge in [-0.25, -0.2) is 4.99 Å². The average molecular weight is 342 g/mol. The molecule has 0 spiro atoms. The Labute approximate surface area is 130 Å². The largest absolute Gasteiger partial charge is 0.385 e. The second-order valence-electron chi connectivity index (χ2n) is 4.54. The highest BCUT2D eigenvalue weighted by molar-refractivity contribution is 9.10. The van der Waals surface area contributed by atoms with Crippen molar-refractivity contribution in [2.75, 3.05) is 26.8 Å². The summed E-state index contributed by atoms with van der Waals surface area (Å²) in [4.78, 5) is 4.61. The number of halogens is 1. The average Bonchev–Trinajstić information content (AvgIpc) is 2.42. The Morgan fingerprint density at radius 3 is 2.80 bits per heavy atom. The number of rotatable bonds is 7. The quantitative estimate of drug-likeness (QED) is 0.455. The van der Waals surface area contributed by atoms with E-state index >= 15 is 0 Å². The van der Waals surface area contributed by atoms with Crippen LogP contribution in [0.2, 0.25) is 0 Å². The molecule has 20 heavy (non-hydrogen) atoms. The van der Waals surface area contributed by atoms with Crippen LogP contribution in [0.1, 0.15) is 24.5 Å². The van der Waals surface area contributed by atoms with Gasteiger partial charge in [-0.3, -0.25) is 0 Å². The molecule has 0 heterocycles. The van der Waals surface area contributed by atoms with E-state index in [1.807, 2.05) is 0 Å². The summed E-state index contributed by atoms with van der Waals surface area (Å²) in [5, 5.41) is 6.56. The Kier molecular flexibility index (Phi) is 8.30. The number of methoxy groups -OCH3 is 1. The summed E-state index contributed by atoms with van der Waals surface area (Å²) in [7, 11) is 1.72. The van der Waals surface area contributed by atoms with Gasteiger partial charge in [0.15, 0.2) is 5.96 Å². The maximum Gasteiger partial charge on any atom is 0.191 e. The minimum atomic E-state index is 0.679. The van der Waals surface area contributed by atoms with Gasteiger partial charge in [0.25, 0.3) is 0 Å². The lowest BCUT2D eigenvalue weighted by Gasteiger charge is -2.11. The zero-order chi connectivity index (χ0) is 14.8. The maximum absolute atomic E-state index is 5.04. The number of hydrogen-bond donors (Lipinski definition) is 2. The van der Waals surface area contributed by atoms with Crippen molar-refractivity contribution >= 4 is 21.9 Å². The van der Waals surface area contributed by atoms with Gasteiger partial charge in [0.05, 0.1) is 6.54 Å². The summed E-state index contributed by atoms with van der Waals surface area (Å²) >= 11 is 3.48. The highest BCUT2D eigenvalue weighted by Gasteiger charge is 2.00. The molecular weight excluding hydrogens is 318 g/mol. The zero-order valence-electron chi connectivity index (χ0n) is 12.5. The first-order chi connectivity index (χ1) is 9.67. The van der Waals surface area contributed by atoms with E-state index in [4.69, 9.17) is 4.74 Å². The molecule has 0 unspecified atom stereocenters. The molecule has 0 saturated heterocycles. The van der Waals surface area contributed by atoms with Crippen LogP contribution in [0.25, 0.3) is 0 Å². The van der Waals surface area contributed by atoms with E-state index < -0.39 is 0 Å². The fourth-order valence-electron chi connectivity index (χ4n) is 1.77. The van der Waals surface area contributed by atoms with Gasteiger partial charge in [-0.2, -0.15) is 0 Å². The van der Waals surface area contributed by atoms with Gasteiger partial charge < -0.3 is 15.4 Å². The third-order valence-corrected chi connectivity index (χ3v) is 3.37. The van der Waals surface area contributed by atoms with Gasteiger partial charge in [0, 0.05) is 31.3 Å². The van der Waals surface area contributed by atoms with Gasteiger partial charge in [-0.05, 0) is 43.5 Å². The van der Waals surface area contributed by atoms with Crippen LogP contribution in [0.5, 0.6) is 0 Å². The number of ether oxygens (including phenoxy) is 1. The second kappa shape index (κ2) is 9.77. The molecule has 0 aliphatic heterocycles. The Hall–Kier alpha value is -1.07. The minimum absolute atomic E-state index is 0.679. The second-order valence-corrected chi connectivity index (χ2v) is 5.45. The molecule has 5 heteroatoms. The van der Waals surface area contributed by atoms with Crippen LogP contribution in [-0.4, -0.2) is 32.8 Å². The van der Waals surface area contributed by atoms with Crippen LogP contribution in [0.4, 0.5) is 0 Å². The van der Waals surface area contributed by atoms with Gasteiger partial charge in [0.1, 0.15) is 0 Å². The van der Waals surface area contributed by atoms with Gasteiger partial charge in [-0.1, -0.05) is 22.0 Å². The van der Waals surface area contributed by atoms with Crippen molar-refractivity contribution in [2.24, 2.45) is 4.99 Å². The Balaban J connectivity index is 2.56. The van der Waals surface area contributed by atoms with Crippen molar-refractivity contribution in [3.8, 4) is 0 Å². The molecule has 0 bridgehead atoms. The Bertz CT molecular complexity index is 435. The predicted molar refractivity (Wildman–Crippen MR) is 88.2 cm³/mol. The molecule has 0 radical (unpaired) electrons. The molecule has 0 aliphatic carbocycles. The molecule has 4 nitrogen and oxygen atoms in total. The molecule has 0 saturated carbocycles. The summed E-state index contributed by atoms with van der Waals surface area (Å²) in [6.07, 6.45) is 0.970. The highest BCUT2D eigenvalue weighted by atomic mass is 79.9. The topological polar surface area (TPSA) is 45.7 Å². The SMILES string of the molecule is CCNC(=NCc1ccc(Br)cc1C)NCCCOC. The fourth-order valence-corrected chi connectivity index (χ4v) is 2.24. The molecular formula is C15H24BrN3O. The van der Waals surface area contributed by atoms with E-state index in [1.54, 1.807) is 7.11 Å². The lowest BCUT2D eigenvalue weighted by molar-refractivity contribution is 0.195. The molecule has 0 fully saturated rings. The third kappa shape index (κ3) is 6.39. The van der Waals surface area contributed by atoms with Crippen molar-refractivity contribution in [2.45, 2.75) is 26.8 Å². The van der Waals surface area contributed by atoms with Crippen LogP contribution in [0.15, 0.2) is 27.7 Å².